The lowest BCUT2D eigenvalue weighted by Gasteiger charge is -2.32. The van der Waals surface area contributed by atoms with Crippen LogP contribution in [0.3, 0.4) is 0 Å². The zero-order valence-electron chi connectivity index (χ0n) is 12.0. The summed E-state index contributed by atoms with van der Waals surface area (Å²) in [7, 11) is 2.25. The van der Waals surface area contributed by atoms with E-state index in [0.29, 0.717) is 6.04 Å². The zero-order chi connectivity index (χ0) is 13.7. The largest absolute Gasteiger partial charge is 0.310 e. The molecule has 1 aromatic rings. The second-order valence-electron chi connectivity index (χ2n) is 5.65. The fourth-order valence-electron chi connectivity index (χ4n) is 2.87. The van der Waals surface area contributed by atoms with E-state index in [1.54, 1.807) is 0 Å². The molecule has 1 aromatic carbocycles. The van der Waals surface area contributed by atoms with Gasteiger partial charge in [0.15, 0.2) is 0 Å². The van der Waals surface area contributed by atoms with Crippen molar-refractivity contribution < 1.29 is 0 Å². The van der Waals surface area contributed by atoms with Gasteiger partial charge in [-0.25, -0.2) is 0 Å². The SMILES string of the molecule is CC(NCCC1CCCCN1C)c1cccc(Cl)c1. The summed E-state index contributed by atoms with van der Waals surface area (Å²) in [5, 5.41) is 4.43. The van der Waals surface area contributed by atoms with E-state index >= 15 is 0 Å². The first-order valence-electron chi connectivity index (χ1n) is 7.36. The van der Waals surface area contributed by atoms with Crippen molar-refractivity contribution in [3.63, 3.8) is 0 Å². The Labute approximate surface area is 122 Å². The Bertz CT molecular complexity index is 394. The van der Waals surface area contributed by atoms with Crippen molar-refractivity contribution in [3.05, 3.63) is 34.9 Å². The van der Waals surface area contributed by atoms with Gasteiger partial charge in [-0.3, -0.25) is 0 Å². The molecule has 3 heteroatoms. The van der Waals surface area contributed by atoms with Crippen LogP contribution in [0.5, 0.6) is 0 Å². The quantitative estimate of drug-likeness (QED) is 0.881. The van der Waals surface area contributed by atoms with Crippen molar-refractivity contribution in [2.24, 2.45) is 0 Å². The normalized spacial score (nSPS) is 22.4. The fraction of sp³-hybridized carbons (Fsp3) is 0.625. The molecule has 0 amide bonds. The first-order chi connectivity index (χ1) is 9.16. The van der Waals surface area contributed by atoms with Gasteiger partial charge in [-0.15, -0.1) is 0 Å². The molecule has 2 unspecified atom stereocenters. The molecule has 1 fully saturated rings. The van der Waals surface area contributed by atoms with E-state index in [0.717, 1.165) is 17.6 Å². The highest BCUT2D eigenvalue weighted by Crippen LogP contribution is 2.19. The Morgan fingerprint density at radius 3 is 3.00 bits per heavy atom. The summed E-state index contributed by atoms with van der Waals surface area (Å²) in [6, 6.07) is 9.25. The van der Waals surface area contributed by atoms with E-state index in [1.165, 1.54) is 37.8 Å². The molecular formula is C16H25ClN2. The second-order valence-corrected chi connectivity index (χ2v) is 6.09. The third kappa shape index (κ3) is 4.48. The summed E-state index contributed by atoms with van der Waals surface area (Å²) in [6.45, 7) is 4.54. The Kier molecular flexibility index (Phi) is 5.68. The highest BCUT2D eigenvalue weighted by Gasteiger charge is 2.18. The molecule has 0 aliphatic carbocycles. The van der Waals surface area contributed by atoms with E-state index in [-0.39, 0.29) is 0 Å². The number of hydrogen-bond donors (Lipinski definition) is 1. The maximum Gasteiger partial charge on any atom is 0.0409 e. The molecule has 0 bridgehead atoms. The van der Waals surface area contributed by atoms with Crippen LogP contribution in [0.2, 0.25) is 5.02 Å². The molecule has 0 spiro atoms. The van der Waals surface area contributed by atoms with Crippen molar-refractivity contribution in [2.75, 3.05) is 20.1 Å². The molecule has 0 aromatic heterocycles. The molecule has 2 rings (SSSR count). The first-order valence-corrected chi connectivity index (χ1v) is 7.73. The smallest absolute Gasteiger partial charge is 0.0409 e. The van der Waals surface area contributed by atoms with Crippen LogP contribution in [0.25, 0.3) is 0 Å². The van der Waals surface area contributed by atoms with Crippen molar-refractivity contribution in [1.82, 2.24) is 10.2 Å². The Balaban J connectivity index is 1.76. The first kappa shape index (κ1) is 14.8. The van der Waals surface area contributed by atoms with Crippen molar-refractivity contribution in [2.45, 2.75) is 44.7 Å². The van der Waals surface area contributed by atoms with E-state index < -0.39 is 0 Å². The lowest BCUT2D eigenvalue weighted by molar-refractivity contribution is 0.174. The van der Waals surface area contributed by atoms with Gasteiger partial charge in [0.1, 0.15) is 0 Å². The third-order valence-electron chi connectivity index (χ3n) is 4.20. The predicted octanol–water partition coefficient (Wildman–Crippen LogP) is 3.87. The molecule has 1 aliphatic heterocycles. The number of likely N-dealkylation sites (tertiary alicyclic amines) is 1. The summed E-state index contributed by atoms with van der Waals surface area (Å²) in [4.78, 5) is 2.51. The average molecular weight is 281 g/mol. The second kappa shape index (κ2) is 7.28. The summed E-state index contributed by atoms with van der Waals surface area (Å²) >= 11 is 6.03. The van der Waals surface area contributed by atoms with E-state index in [1.807, 2.05) is 18.2 Å². The lowest BCUT2D eigenvalue weighted by Crippen LogP contribution is -2.38. The molecule has 106 valence electrons. The van der Waals surface area contributed by atoms with Gasteiger partial charge < -0.3 is 10.2 Å². The summed E-state index contributed by atoms with van der Waals surface area (Å²) in [5.74, 6) is 0. The molecule has 0 radical (unpaired) electrons. The van der Waals surface area contributed by atoms with Crippen molar-refractivity contribution in [1.29, 1.82) is 0 Å². The highest BCUT2D eigenvalue weighted by molar-refractivity contribution is 6.30. The zero-order valence-corrected chi connectivity index (χ0v) is 12.8. The minimum absolute atomic E-state index is 0.368. The molecule has 1 saturated heterocycles. The average Bonchev–Trinajstić information content (AvgIpc) is 2.41. The molecule has 1 N–H and O–H groups in total. The van der Waals surface area contributed by atoms with Crippen LogP contribution in [0.4, 0.5) is 0 Å². The molecular weight excluding hydrogens is 256 g/mol. The van der Waals surface area contributed by atoms with Gasteiger partial charge in [0.2, 0.25) is 0 Å². The van der Waals surface area contributed by atoms with E-state index in [9.17, 15) is 0 Å². The van der Waals surface area contributed by atoms with E-state index in [2.05, 4.69) is 30.3 Å². The number of benzene rings is 1. The van der Waals surface area contributed by atoms with Crippen molar-refractivity contribution in [3.8, 4) is 0 Å². The Morgan fingerprint density at radius 2 is 2.26 bits per heavy atom. The van der Waals surface area contributed by atoms with E-state index in [4.69, 9.17) is 11.6 Å². The van der Waals surface area contributed by atoms with Gasteiger partial charge >= 0.3 is 0 Å². The van der Waals surface area contributed by atoms with Crippen molar-refractivity contribution >= 4 is 11.6 Å². The highest BCUT2D eigenvalue weighted by atomic mass is 35.5. The summed E-state index contributed by atoms with van der Waals surface area (Å²) in [5.41, 5.74) is 1.27. The maximum absolute atomic E-state index is 6.03. The van der Waals surface area contributed by atoms with Crippen LogP contribution in [0.15, 0.2) is 24.3 Å². The molecule has 1 aliphatic rings. The van der Waals surface area contributed by atoms with Crippen LogP contribution < -0.4 is 5.32 Å². The van der Waals surface area contributed by atoms with Crippen LogP contribution in [0.1, 0.15) is 44.2 Å². The lowest BCUT2D eigenvalue weighted by atomic mass is 10.00. The maximum atomic E-state index is 6.03. The molecule has 1 heterocycles. The van der Waals surface area contributed by atoms with Gasteiger partial charge in [0.25, 0.3) is 0 Å². The molecule has 0 saturated carbocycles. The molecule has 2 atom stereocenters. The standard InChI is InChI=1S/C16H25ClN2/c1-13(14-6-5-7-15(17)12-14)18-10-9-16-8-3-4-11-19(16)2/h5-7,12-13,16,18H,3-4,8-11H2,1-2H3. The van der Waals surface area contributed by atoms with Crippen LogP contribution >= 0.6 is 11.6 Å². The van der Waals surface area contributed by atoms with Crippen LogP contribution in [-0.4, -0.2) is 31.1 Å². The topological polar surface area (TPSA) is 15.3 Å². The van der Waals surface area contributed by atoms with Crippen LogP contribution in [-0.2, 0) is 0 Å². The van der Waals surface area contributed by atoms with Gasteiger partial charge in [-0.2, -0.15) is 0 Å². The third-order valence-corrected chi connectivity index (χ3v) is 4.43. The minimum Gasteiger partial charge on any atom is -0.310 e. The number of hydrogen-bond acceptors (Lipinski definition) is 2. The van der Waals surface area contributed by atoms with Crippen LogP contribution in [0, 0.1) is 0 Å². The monoisotopic (exact) mass is 280 g/mol. The van der Waals surface area contributed by atoms with Gasteiger partial charge in [-0.1, -0.05) is 30.2 Å². The van der Waals surface area contributed by atoms with Gasteiger partial charge in [-0.05, 0) is 64.0 Å². The Hall–Kier alpha value is -0.570. The number of piperidine rings is 1. The van der Waals surface area contributed by atoms with Gasteiger partial charge in [0.05, 0.1) is 0 Å². The molecule has 2 nitrogen and oxygen atoms in total. The summed E-state index contributed by atoms with van der Waals surface area (Å²) < 4.78 is 0. The Morgan fingerprint density at radius 1 is 1.42 bits per heavy atom. The minimum atomic E-state index is 0.368. The predicted molar refractivity (Wildman–Crippen MR) is 82.8 cm³/mol. The summed E-state index contributed by atoms with van der Waals surface area (Å²) in [6.07, 6.45) is 5.34. The number of nitrogens with one attached hydrogen (secondary N) is 1. The molecule has 19 heavy (non-hydrogen) atoms. The van der Waals surface area contributed by atoms with Gasteiger partial charge in [0, 0.05) is 17.1 Å². The number of nitrogens with zero attached hydrogens (tertiary/aromatic N) is 1. The number of rotatable bonds is 5. The number of halogens is 1. The fourth-order valence-corrected chi connectivity index (χ4v) is 3.07.